The minimum absolute atomic E-state index is 0.116. The average molecular weight is 442 g/mol. The molecule has 0 radical (unpaired) electrons. The first-order valence-electron chi connectivity index (χ1n) is 11.5. The van der Waals surface area contributed by atoms with Crippen LogP contribution < -0.4 is 5.90 Å². The van der Waals surface area contributed by atoms with E-state index >= 15 is 0 Å². The molecule has 3 unspecified atom stereocenters. The first kappa shape index (κ1) is 25.7. The zero-order valence-electron chi connectivity index (χ0n) is 18.8. The lowest BCUT2D eigenvalue weighted by molar-refractivity contribution is -0.146. The molecule has 0 saturated carbocycles. The molecule has 2 saturated heterocycles. The SMILES string of the molecule is CCC(=O)CCC(C(=O)O)N1CCCN2CCN(CCCN(CC(=O)ON)CC2)CC1. The van der Waals surface area contributed by atoms with Crippen molar-refractivity contribution in [3.8, 4) is 0 Å². The van der Waals surface area contributed by atoms with Gasteiger partial charge in [0, 0.05) is 65.2 Å². The van der Waals surface area contributed by atoms with Gasteiger partial charge in [-0.1, -0.05) is 6.92 Å². The Balaban J connectivity index is 2.02. The van der Waals surface area contributed by atoms with Crippen LogP contribution in [0, 0.1) is 0 Å². The summed E-state index contributed by atoms with van der Waals surface area (Å²) in [5.41, 5.74) is 0. The Morgan fingerprint density at radius 2 is 1.52 bits per heavy atom. The van der Waals surface area contributed by atoms with Crippen molar-refractivity contribution in [2.24, 2.45) is 5.90 Å². The molecule has 0 aliphatic carbocycles. The van der Waals surface area contributed by atoms with Crippen LogP contribution in [-0.4, -0.2) is 120 Å². The fraction of sp³-hybridized carbons (Fsp3) is 0.857. The normalized spacial score (nSPS) is 25.5. The van der Waals surface area contributed by atoms with Gasteiger partial charge in [0.15, 0.2) is 0 Å². The number of carbonyl (C=O) groups excluding carboxylic acids is 2. The topological polar surface area (TPSA) is 120 Å². The number of carboxylic acid groups (broad SMARTS) is 1. The molecule has 2 bridgehead atoms. The van der Waals surface area contributed by atoms with E-state index in [2.05, 4.69) is 24.4 Å². The maximum Gasteiger partial charge on any atom is 0.338 e. The number of ketones is 1. The summed E-state index contributed by atoms with van der Waals surface area (Å²) in [5, 5.41) is 9.81. The van der Waals surface area contributed by atoms with E-state index in [0.717, 1.165) is 65.2 Å². The Kier molecular flexibility index (Phi) is 11.4. The van der Waals surface area contributed by atoms with Crippen LogP contribution in [0.3, 0.4) is 0 Å². The highest BCUT2D eigenvalue weighted by Crippen LogP contribution is 2.13. The van der Waals surface area contributed by atoms with Gasteiger partial charge in [-0.05, 0) is 32.4 Å². The van der Waals surface area contributed by atoms with E-state index in [9.17, 15) is 19.5 Å². The molecule has 178 valence electrons. The Morgan fingerprint density at radius 3 is 2.13 bits per heavy atom. The van der Waals surface area contributed by atoms with Crippen LogP contribution >= 0.6 is 0 Å². The monoisotopic (exact) mass is 441 g/mol. The average Bonchev–Trinajstić information content (AvgIpc) is 2.76. The van der Waals surface area contributed by atoms with Gasteiger partial charge in [-0.15, -0.1) is 0 Å². The number of nitrogens with two attached hydrogens (primary N) is 1. The van der Waals surface area contributed by atoms with E-state index in [0.29, 0.717) is 32.4 Å². The van der Waals surface area contributed by atoms with Gasteiger partial charge < -0.3 is 19.7 Å². The minimum atomic E-state index is -0.840. The molecule has 2 heterocycles. The van der Waals surface area contributed by atoms with Crippen LogP contribution in [0.25, 0.3) is 0 Å². The maximum atomic E-state index is 12.0. The van der Waals surface area contributed by atoms with Crippen LogP contribution in [0.5, 0.6) is 0 Å². The van der Waals surface area contributed by atoms with Gasteiger partial charge in [0.25, 0.3) is 0 Å². The lowest BCUT2D eigenvalue weighted by Crippen LogP contribution is -2.50. The number of carbonyl (C=O) groups is 3. The molecule has 31 heavy (non-hydrogen) atoms. The summed E-state index contributed by atoms with van der Waals surface area (Å²) >= 11 is 0. The van der Waals surface area contributed by atoms with Gasteiger partial charge in [0.2, 0.25) is 0 Å². The fourth-order valence-electron chi connectivity index (χ4n) is 4.37. The molecule has 2 aliphatic heterocycles. The fourth-order valence-corrected chi connectivity index (χ4v) is 4.37. The lowest BCUT2D eigenvalue weighted by Gasteiger charge is -2.37. The molecule has 3 atom stereocenters. The van der Waals surface area contributed by atoms with Crippen molar-refractivity contribution >= 4 is 17.7 Å². The zero-order valence-corrected chi connectivity index (χ0v) is 18.8. The molecule has 10 heteroatoms. The Hall–Kier alpha value is -1.59. The first-order valence-corrected chi connectivity index (χ1v) is 11.5. The van der Waals surface area contributed by atoms with E-state index in [1.807, 2.05) is 6.92 Å². The van der Waals surface area contributed by atoms with Gasteiger partial charge in [0.05, 0.1) is 6.54 Å². The van der Waals surface area contributed by atoms with E-state index < -0.39 is 18.0 Å². The predicted octanol–water partition coefficient (Wildman–Crippen LogP) is -0.369. The van der Waals surface area contributed by atoms with Crippen LogP contribution in [-0.2, 0) is 19.2 Å². The first-order chi connectivity index (χ1) is 14.9. The largest absolute Gasteiger partial charge is 0.480 e. The Labute approximate surface area is 185 Å². The van der Waals surface area contributed by atoms with E-state index in [1.54, 1.807) is 0 Å². The molecule has 0 aromatic carbocycles. The van der Waals surface area contributed by atoms with Crippen LogP contribution in [0.2, 0.25) is 0 Å². The highest BCUT2D eigenvalue weighted by molar-refractivity contribution is 5.79. The number of nitrogens with zero attached hydrogens (tertiary/aromatic N) is 4. The summed E-state index contributed by atoms with van der Waals surface area (Å²) in [7, 11) is 0. The Bertz CT molecular complexity index is 591. The molecule has 2 rings (SSSR count). The summed E-state index contributed by atoms with van der Waals surface area (Å²) in [6, 6.07) is -0.615. The van der Waals surface area contributed by atoms with Gasteiger partial charge in [-0.2, -0.15) is 5.90 Å². The molecule has 10 nitrogen and oxygen atoms in total. The summed E-state index contributed by atoms with van der Waals surface area (Å²) in [5.74, 6) is 3.86. The third-order valence-corrected chi connectivity index (χ3v) is 6.34. The number of hydrogen-bond donors (Lipinski definition) is 2. The number of Topliss-reactive ketones (excluding diaryl/α,β-unsaturated/α-hetero) is 1. The predicted molar refractivity (Wildman–Crippen MR) is 116 cm³/mol. The van der Waals surface area contributed by atoms with Crippen LogP contribution in [0.15, 0.2) is 0 Å². The van der Waals surface area contributed by atoms with Crippen molar-refractivity contribution in [2.75, 3.05) is 72.0 Å². The van der Waals surface area contributed by atoms with Crippen molar-refractivity contribution < 1.29 is 24.3 Å². The molecule has 0 aromatic rings. The van der Waals surface area contributed by atoms with Crippen molar-refractivity contribution in [2.45, 2.75) is 45.1 Å². The number of fused-ring (bicyclic) bond motifs is 3. The van der Waals surface area contributed by atoms with Gasteiger partial charge in [-0.3, -0.25) is 19.4 Å². The van der Waals surface area contributed by atoms with Gasteiger partial charge in [0.1, 0.15) is 11.8 Å². The summed E-state index contributed by atoms with van der Waals surface area (Å²) < 4.78 is 0. The maximum absolute atomic E-state index is 12.0. The summed E-state index contributed by atoms with van der Waals surface area (Å²) in [6.07, 6.45) is 2.94. The van der Waals surface area contributed by atoms with Crippen molar-refractivity contribution in [1.82, 2.24) is 19.6 Å². The second kappa shape index (κ2) is 13.7. The number of aliphatic carboxylic acids is 1. The van der Waals surface area contributed by atoms with Gasteiger partial charge in [-0.25, -0.2) is 4.79 Å². The number of rotatable bonds is 8. The Morgan fingerprint density at radius 1 is 0.903 bits per heavy atom. The van der Waals surface area contributed by atoms with Crippen LogP contribution in [0.4, 0.5) is 0 Å². The highest BCUT2D eigenvalue weighted by Gasteiger charge is 2.27. The number of hydrogen-bond acceptors (Lipinski definition) is 9. The molecular formula is C21H39N5O5. The van der Waals surface area contributed by atoms with Crippen molar-refractivity contribution in [3.05, 3.63) is 0 Å². The van der Waals surface area contributed by atoms with E-state index in [1.165, 1.54) is 0 Å². The molecule has 2 fully saturated rings. The quantitative estimate of drug-likeness (QED) is 0.483. The molecule has 0 spiro atoms. The zero-order chi connectivity index (χ0) is 22.6. The molecule has 0 aromatic heterocycles. The minimum Gasteiger partial charge on any atom is -0.480 e. The van der Waals surface area contributed by atoms with E-state index in [-0.39, 0.29) is 12.3 Å². The van der Waals surface area contributed by atoms with Gasteiger partial charge >= 0.3 is 11.9 Å². The molecule has 2 aliphatic rings. The third-order valence-electron chi connectivity index (χ3n) is 6.34. The molecule has 0 amide bonds. The smallest absolute Gasteiger partial charge is 0.338 e. The van der Waals surface area contributed by atoms with E-state index in [4.69, 9.17) is 5.90 Å². The second-order valence-corrected chi connectivity index (χ2v) is 8.48. The lowest BCUT2D eigenvalue weighted by atomic mass is 10.1. The third kappa shape index (κ3) is 9.20. The standard InChI is InChI=1S/C21H39N5O5/c1-2-18(27)5-6-19(21(29)30)26-10-4-8-23-11-12-24(15-16-26)7-3-9-25(14-13-23)17-20(28)31-22/h19H,2-17,22H2,1H3,(H,29,30). The molecular weight excluding hydrogens is 402 g/mol. The highest BCUT2D eigenvalue weighted by atomic mass is 16.7. The van der Waals surface area contributed by atoms with Crippen LogP contribution in [0.1, 0.15) is 39.0 Å². The van der Waals surface area contributed by atoms with Crippen molar-refractivity contribution in [1.29, 1.82) is 0 Å². The summed E-state index contributed by atoms with van der Waals surface area (Å²) in [4.78, 5) is 48.6. The number of carboxylic acids is 1. The van der Waals surface area contributed by atoms with Crippen molar-refractivity contribution in [3.63, 3.8) is 0 Å². The summed E-state index contributed by atoms with van der Waals surface area (Å²) in [6.45, 7) is 10.3. The molecule has 3 N–H and O–H groups in total. The second-order valence-electron chi connectivity index (χ2n) is 8.48.